The Morgan fingerprint density at radius 1 is 0.800 bits per heavy atom. The number of benzene rings is 3. The first kappa shape index (κ1) is 16.0. The van der Waals surface area contributed by atoms with Crippen LogP contribution in [-0.4, -0.2) is 13.7 Å². The summed E-state index contributed by atoms with van der Waals surface area (Å²) in [4.78, 5) is 5.73. The molecule has 2 nitrogen and oxygen atoms in total. The largest absolute Gasteiger partial charge is 0.435 e. The van der Waals surface area contributed by atoms with Crippen LogP contribution in [0.4, 0.5) is 20.2 Å². The van der Waals surface area contributed by atoms with Crippen molar-refractivity contribution >= 4 is 22.3 Å². The molecule has 0 unspecified atom stereocenters. The van der Waals surface area contributed by atoms with Crippen LogP contribution < -0.4 is 9.64 Å². The molecule has 4 rings (SSSR count). The fourth-order valence-electron chi connectivity index (χ4n) is 3.07. The van der Waals surface area contributed by atoms with Crippen molar-refractivity contribution in [3.8, 4) is 5.75 Å². The third kappa shape index (κ3) is 2.85. The van der Waals surface area contributed by atoms with E-state index in [1.165, 1.54) is 9.79 Å². The highest BCUT2D eigenvalue weighted by Gasteiger charge is 2.39. The zero-order valence-corrected chi connectivity index (χ0v) is 14.3. The smallest absolute Gasteiger partial charge is 0.387 e. The molecular formula is C20H16F2NOS+. The zero-order valence-electron chi connectivity index (χ0n) is 13.5. The van der Waals surface area contributed by atoms with E-state index < -0.39 is 6.61 Å². The van der Waals surface area contributed by atoms with Gasteiger partial charge >= 0.3 is 6.61 Å². The molecule has 0 saturated heterocycles. The molecule has 1 heterocycles. The van der Waals surface area contributed by atoms with E-state index in [4.69, 9.17) is 0 Å². The lowest BCUT2D eigenvalue weighted by molar-refractivity contribution is -0.0498. The van der Waals surface area contributed by atoms with Crippen LogP contribution in [0.1, 0.15) is 0 Å². The van der Waals surface area contributed by atoms with Crippen molar-refractivity contribution in [1.29, 1.82) is 0 Å². The zero-order chi connectivity index (χ0) is 17.4. The lowest BCUT2D eigenvalue weighted by atomic mass is 10.2. The van der Waals surface area contributed by atoms with Gasteiger partial charge in [-0.15, -0.1) is 0 Å². The fourth-order valence-corrected chi connectivity index (χ4v) is 5.48. The molecule has 0 saturated carbocycles. The minimum Gasteiger partial charge on any atom is -0.435 e. The molecule has 0 spiro atoms. The van der Waals surface area contributed by atoms with Gasteiger partial charge in [0.05, 0.1) is 11.4 Å². The van der Waals surface area contributed by atoms with Crippen LogP contribution in [0, 0.1) is 0 Å². The standard InChI is InChI=1S/C20H16F2NOS/c1-23-16-6-2-4-8-18(16)25(19-9-5-3-7-17(19)23)15-12-10-14(11-13-15)24-20(21)22/h2-13,20H,1H3/q+1. The number of fused-ring (bicyclic) bond motifs is 2. The highest BCUT2D eigenvalue weighted by molar-refractivity contribution is 7.97. The van der Waals surface area contributed by atoms with Gasteiger partial charge in [0.25, 0.3) is 0 Å². The van der Waals surface area contributed by atoms with Crippen molar-refractivity contribution < 1.29 is 13.5 Å². The first-order valence-electron chi connectivity index (χ1n) is 7.86. The first-order chi connectivity index (χ1) is 12.1. The van der Waals surface area contributed by atoms with Gasteiger partial charge in [-0.05, 0) is 48.5 Å². The van der Waals surface area contributed by atoms with E-state index >= 15 is 0 Å². The van der Waals surface area contributed by atoms with Gasteiger partial charge in [-0.1, -0.05) is 24.3 Å². The number of hydrogen-bond acceptors (Lipinski definition) is 2. The summed E-state index contributed by atoms with van der Waals surface area (Å²) in [5.74, 6) is 0.179. The van der Waals surface area contributed by atoms with Crippen LogP contribution >= 0.6 is 0 Å². The molecule has 3 aromatic carbocycles. The number of alkyl halides is 2. The lowest BCUT2D eigenvalue weighted by Gasteiger charge is -2.28. The van der Waals surface area contributed by atoms with Crippen molar-refractivity contribution in [2.45, 2.75) is 21.3 Å². The summed E-state index contributed by atoms with van der Waals surface area (Å²) in [6.07, 6.45) is 0. The van der Waals surface area contributed by atoms with Gasteiger partial charge in [0.15, 0.2) is 14.7 Å². The van der Waals surface area contributed by atoms with Gasteiger partial charge in [0.1, 0.15) is 16.6 Å². The fraction of sp³-hybridized carbons (Fsp3) is 0.100. The van der Waals surface area contributed by atoms with Crippen LogP contribution in [0.5, 0.6) is 5.75 Å². The molecule has 0 aliphatic carbocycles. The van der Waals surface area contributed by atoms with E-state index in [0.717, 1.165) is 16.3 Å². The summed E-state index contributed by atoms with van der Waals surface area (Å²) in [6.45, 7) is -2.81. The Morgan fingerprint density at radius 2 is 1.32 bits per heavy atom. The van der Waals surface area contributed by atoms with Crippen LogP contribution in [0.2, 0.25) is 0 Å². The highest BCUT2D eigenvalue weighted by Crippen LogP contribution is 2.47. The normalized spacial score (nSPS) is 13.5. The first-order valence-corrected chi connectivity index (χ1v) is 9.08. The van der Waals surface area contributed by atoms with Gasteiger partial charge < -0.3 is 9.64 Å². The molecular weight excluding hydrogens is 340 g/mol. The molecule has 25 heavy (non-hydrogen) atoms. The SMILES string of the molecule is CN1c2ccccc2[S+](c2ccc(OC(F)F)cc2)c2ccccc21. The summed E-state index contributed by atoms with van der Waals surface area (Å²) in [7, 11) is 1.78. The molecule has 0 fully saturated rings. The van der Waals surface area contributed by atoms with Crippen LogP contribution in [-0.2, 0) is 10.9 Å². The predicted octanol–water partition coefficient (Wildman–Crippen LogP) is 5.46. The second-order valence-corrected chi connectivity index (χ2v) is 7.61. The molecule has 0 radical (unpaired) electrons. The van der Waals surface area contributed by atoms with E-state index in [1.54, 1.807) is 12.1 Å². The van der Waals surface area contributed by atoms with Crippen molar-refractivity contribution in [1.82, 2.24) is 0 Å². The minimum atomic E-state index is -2.81. The highest BCUT2D eigenvalue weighted by atomic mass is 32.2. The van der Waals surface area contributed by atoms with Gasteiger partial charge in [-0.25, -0.2) is 0 Å². The molecule has 5 heteroatoms. The van der Waals surface area contributed by atoms with E-state index in [9.17, 15) is 8.78 Å². The number of nitrogens with zero attached hydrogens (tertiary/aromatic N) is 1. The van der Waals surface area contributed by atoms with Gasteiger partial charge in [-0.3, -0.25) is 0 Å². The Balaban J connectivity index is 1.83. The lowest BCUT2D eigenvalue weighted by Crippen LogP contribution is -2.22. The maximum absolute atomic E-state index is 12.4. The summed E-state index contributed by atoms with van der Waals surface area (Å²) >= 11 is 0. The van der Waals surface area contributed by atoms with Gasteiger partial charge in [-0.2, -0.15) is 8.78 Å². The van der Waals surface area contributed by atoms with E-state index in [0.29, 0.717) is 0 Å². The molecule has 3 aromatic rings. The van der Waals surface area contributed by atoms with Crippen molar-refractivity contribution in [3.63, 3.8) is 0 Å². The minimum absolute atomic E-state index is 0.179. The molecule has 0 N–H and O–H groups in total. The van der Waals surface area contributed by atoms with Crippen LogP contribution in [0.25, 0.3) is 0 Å². The topological polar surface area (TPSA) is 12.5 Å². The predicted molar refractivity (Wildman–Crippen MR) is 96.2 cm³/mol. The maximum atomic E-state index is 12.4. The summed E-state index contributed by atoms with van der Waals surface area (Å²) < 4.78 is 29.2. The second-order valence-electron chi connectivity index (χ2n) is 5.65. The van der Waals surface area contributed by atoms with Gasteiger partial charge in [0.2, 0.25) is 0 Å². The van der Waals surface area contributed by atoms with Gasteiger partial charge in [0, 0.05) is 7.05 Å². The monoisotopic (exact) mass is 356 g/mol. The number of rotatable bonds is 3. The van der Waals surface area contributed by atoms with Crippen molar-refractivity contribution in [2.75, 3.05) is 11.9 Å². The number of para-hydroxylation sites is 2. The molecule has 1 aliphatic heterocycles. The third-order valence-electron chi connectivity index (χ3n) is 4.18. The number of ether oxygens (including phenoxy) is 1. The van der Waals surface area contributed by atoms with Crippen LogP contribution in [0.15, 0.2) is 87.5 Å². The Bertz CT molecular complexity index is 851. The van der Waals surface area contributed by atoms with Crippen LogP contribution in [0.3, 0.4) is 0 Å². The average molecular weight is 356 g/mol. The Labute approximate surface area is 148 Å². The number of anilines is 2. The summed E-state index contributed by atoms with van der Waals surface area (Å²) in [6, 6.07) is 23.6. The van der Waals surface area contributed by atoms with E-state index in [-0.39, 0.29) is 16.6 Å². The Morgan fingerprint density at radius 3 is 1.84 bits per heavy atom. The van der Waals surface area contributed by atoms with Crippen molar-refractivity contribution in [2.24, 2.45) is 0 Å². The molecule has 0 amide bonds. The second kappa shape index (κ2) is 6.41. The van der Waals surface area contributed by atoms with E-state index in [1.807, 2.05) is 36.4 Å². The molecule has 126 valence electrons. The third-order valence-corrected chi connectivity index (χ3v) is 6.49. The number of hydrogen-bond donors (Lipinski definition) is 0. The molecule has 0 aromatic heterocycles. The molecule has 0 bridgehead atoms. The molecule has 0 atom stereocenters. The van der Waals surface area contributed by atoms with Crippen molar-refractivity contribution in [3.05, 3.63) is 72.8 Å². The number of halogens is 2. The molecule has 1 aliphatic rings. The van der Waals surface area contributed by atoms with E-state index in [2.05, 4.69) is 40.9 Å². The summed E-state index contributed by atoms with van der Waals surface area (Å²) in [5, 5.41) is 0. The Kier molecular flexibility index (Phi) is 4.09. The Hall–Kier alpha value is -2.53. The maximum Gasteiger partial charge on any atom is 0.387 e. The summed E-state index contributed by atoms with van der Waals surface area (Å²) in [5.41, 5.74) is 2.33. The quantitative estimate of drug-likeness (QED) is 0.578. The average Bonchev–Trinajstić information content (AvgIpc) is 2.63.